The van der Waals surface area contributed by atoms with E-state index in [2.05, 4.69) is 33.7 Å². The highest BCUT2D eigenvalue weighted by Crippen LogP contribution is 2.24. The third-order valence-corrected chi connectivity index (χ3v) is 5.06. The fourth-order valence-corrected chi connectivity index (χ4v) is 3.08. The van der Waals surface area contributed by atoms with Crippen LogP contribution in [-0.4, -0.2) is 38.9 Å². The summed E-state index contributed by atoms with van der Waals surface area (Å²) in [6, 6.07) is 6.18. The fourth-order valence-electron chi connectivity index (χ4n) is 2.26. The van der Waals surface area contributed by atoms with Crippen LogP contribution in [0.25, 0.3) is 5.69 Å². The van der Waals surface area contributed by atoms with Crippen LogP contribution in [-0.2, 0) is 9.59 Å². The van der Waals surface area contributed by atoms with Crippen molar-refractivity contribution in [3.8, 4) is 5.69 Å². The van der Waals surface area contributed by atoms with Crippen molar-refractivity contribution in [1.82, 2.24) is 20.1 Å². The number of thioether (sulfide) groups is 1. The van der Waals surface area contributed by atoms with Gasteiger partial charge in [-0.25, -0.2) is 0 Å². The molecule has 0 saturated heterocycles. The molecule has 0 spiro atoms. The SMILES string of the molecule is Cc1ccc(C)c(-n2c(C)nnc2SCC(=O)NCC(C)(C)C(N)=O)c1. The van der Waals surface area contributed by atoms with Crippen LogP contribution in [0.3, 0.4) is 0 Å². The lowest BCUT2D eigenvalue weighted by Gasteiger charge is -2.20. The van der Waals surface area contributed by atoms with E-state index < -0.39 is 11.3 Å². The molecule has 140 valence electrons. The highest BCUT2D eigenvalue weighted by Gasteiger charge is 2.25. The maximum Gasteiger partial charge on any atom is 0.230 e. The lowest BCUT2D eigenvalue weighted by molar-refractivity contribution is -0.126. The average Bonchev–Trinajstić information content (AvgIpc) is 2.94. The van der Waals surface area contributed by atoms with Crippen molar-refractivity contribution in [1.29, 1.82) is 0 Å². The van der Waals surface area contributed by atoms with Gasteiger partial charge in [-0.15, -0.1) is 10.2 Å². The summed E-state index contributed by atoms with van der Waals surface area (Å²) in [4.78, 5) is 23.4. The molecule has 7 nitrogen and oxygen atoms in total. The number of amides is 2. The Morgan fingerprint density at radius 2 is 1.92 bits per heavy atom. The van der Waals surface area contributed by atoms with Crippen LogP contribution < -0.4 is 11.1 Å². The second kappa shape index (κ2) is 7.90. The number of hydrogen-bond donors (Lipinski definition) is 2. The normalized spacial score (nSPS) is 11.4. The predicted octanol–water partition coefficient (Wildman–Crippen LogP) is 1.91. The molecule has 0 radical (unpaired) electrons. The van der Waals surface area contributed by atoms with Crippen molar-refractivity contribution < 1.29 is 9.59 Å². The Balaban J connectivity index is 2.09. The molecule has 0 aliphatic heterocycles. The monoisotopic (exact) mass is 375 g/mol. The van der Waals surface area contributed by atoms with Crippen LogP contribution in [0.5, 0.6) is 0 Å². The molecule has 2 aromatic rings. The van der Waals surface area contributed by atoms with Crippen molar-refractivity contribution >= 4 is 23.6 Å². The van der Waals surface area contributed by atoms with Crippen LogP contribution in [0, 0.1) is 26.2 Å². The predicted molar refractivity (Wildman–Crippen MR) is 102 cm³/mol. The van der Waals surface area contributed by atoms with Crippen molar-refractivity contribution in [3.05, 3.63) is 35.2 Å². The zero-order valence-electron chi connectivity index (χ0n) is 15.8. The minimum atomic E-state index is -0.782. The Morgan fingerprint density at radius 3 is 2.58 bits per heavy atom. The van der Waals surface area contributed by atoms with Gasteiger partial charge in [0.05, 0.1) is 16.9 Å². The summed E-state index contributed by atoms with van der Waals surface area (Å²) in [5.41, 5.74) is 7.79. The molecule has 0 aliphatic rings. The zero-order valence-corrected chi connectivity index (χ0v) is 16.6. The van der Waals surface area contributed by atoms with Crippen molar-refractivity contribution in [3.63, 3.8) is 0 Å². The maximum atomic E-state index is 12.1. The molecule has 0 saturated carbocycles. The number of nitrogens with zero attached hydrogens (tertiary/aromatic N) is 3. The van der Waals surface area contributed by atoms with Crippen LogP contribution in [0.1, 0.15) is 30.8 Å². The topological polar surface area (TPSA) is 103 Å². The van der Waals surface area contributed by atoms with Gasteiger partial charge in [-0.2, -0.15) is 0 Å². The average molecular weight is 375 g/mol. The van der Waals surface area contributed by atoms with Crippen LogP contribution >= 0.6 is 11.8 Å². The third-order valence-electron chi connectivity index (χ3n) is 4.13. The van der Waals surface area contributed by atoms with E-state index in [-0.39, 0.29) is 18.2 Å². The first-order valence-corrected chi connectivity index (χ1v) is 9.29. The Labute approximate surface area is 157 Å². The number of primary amides is 1. The minimum Gasteiger partial charge on any atom is -0.369 e. The molecule has 0 bridgehead atoms. The van der Waals surface area contributed by atoms with Gasteiger partial charge in [-0.1, -0.05) is 23.9 Å². The molecule has 0 aliphatic carbocycles. The van der Waals surface area contributed by atoms with E-state index in [0.29, 0.717) is 5.16 Å². The Kier molecular flexibility index (Phi) is 6.07. The Bertz CT molecular complexity index is 829. The second-order valence-electron chi connectivity index (χ2n) is 6.97. The standard InChI is InChI=1S/C18H25N5O2S/c1-11-6-7-12(2)14(8-11)23-13(3)21-22-17(23)26-9-15(24)20-10-18(4,5)16(19)25/h6-8H,9-10H2,1-5H3,(H2,19,25)(H,20,24). The lowest BCUT2D eigenvalue weighted by Crippen LogP contribution is -2.42. The van der Waals surface area contributed by atoms with Gasteiger partial charge in [0.15, 0.2) is 5.16 Å². The van der Waals surface area contributed by atoms with Crippen molar-refractivity contribution in [2.45, 2.75) is 39.8 Å². The van der Waals surface area contributed by atoms with Crippen LogP contribution in [0.15, 0.2) is 23.4 Å². The number of carbonyl (C=O) groups excluding carboxylic acids is 2. The Morgan fingerprint density at radius 1 is 1.23 bits per heavy atom. The highest BCUT2D eigenvalue weighted by molar-refractivity contribution is 7.99. The molecule has 2 amide bonds. The number of aromatic nitrogens is 3. The van der Waals surface area contributed by atoms with E-state index >= 15 is 0 Å². The summed E-state index contributed by atoms with van der Waals surface area (Å²) in [5.74, 6) is 0.308. The van der Waals surface area contributed by atoms with E-state index in [9.17, 15) is 9.59 Å². The number of hydrogen-bond acceptors (Lipinski definition) is 5. The molecule has 2 rings (SSSR count). The number of benzene rings is 1. The van der Waals surface area contributed by atoms with Crippen LogP contribution in [0.4, 0.5) is 0 Å². The summed E-state index contributed by atoms with van der Waals surface area (Å²) < 4.78 is 1.95. The largest absolute Gasteiger partial charge is 0.369 e. The summed E-state index contributed by atoms with van der Waals surface area (Å²) in [5, 5.41) is 11.7. The minimum absolute atomic E-state index is 0.178. The molecular weight excluding hydrogens is 350 g/mol. The van der Waals surface area contributed by atoms with Gasteiger partial charge in [0.25, 0.3) is 0 Å². The maximum absolute atomic E-state index is 12.1. The van der Waals surface area contributed by atoms with Gasteiger partial charge in [-0.05, 0) is 51.8 Å². The molecule has 8 heteroatoms. The second-order valence-corrected chi connectivity index (χ2v) is 7.91. The molecule has 1 heterocycles. The molecule has 3 N–H and O–H groups in total. The third kappa shape index (κ3) is 4.63. The number of nitrogens with one attached hydrogen (secondary N) is 1. The lowest BCUT2D eigenvalue weighted by atomic mass is 9.93. The summed E-state index contributed by atoms with van der Waals surface area (Å²) in [6.07, 6.45) is 0. The molecule has 0 atom stereocenters. The fraction of sp³-hybridized carbons (Fsp3) is 0.444. The Hall–Kier alpha value is -2.35. The van der Waals surface area contributed by atoms with Gasteiger partial charge in [0, 0.05) is 6.54 Å². The van der Waals surface area contributed by atoms with E-state index in [0.717, 1.165) is 22.6 Å². The summed E-state index contributed by atoms with van der Waals surface area (Å²) in [7, 11) is 0. The smallest absolute Gasteiger partial charge is 0.230 e. The molecule has 0 unspecified atom stereocenters. The van der Waals surface area contributed by atoms with Gasteiger partial charge in [0.2, 0.25) is 11.8 Å². The molecular formula is C18H25N5O2S. The first-order valence-electron chi connectivity index (χ1n) is 8.31. The van der Waals surface area contributed by atoms with Crippen molar-refractivity contribution in [2.75, 3.05) is 12.3 Å². The summed E-state index contributed by atoms with van der Waals surface area (Å²) >= 11 is 1.31. The molecule has 1 aromatic heterocycles. The molecule has 1 aromatic carbocycles. The first-order chi connectivity index (χ1) is 12.1. The van der Waals surface area contributed by atoms with E-state index in [1.807, 2.05) is 25.3 Å². The number of aryl methyl sites for hydroxylation is 3. The van der Waals surface area contributed by atoms with Crippen LogP contribution in [0.2, 0.25) is 0 Å². The zero-order chi connectivity index (χ0) is 19.5. The van der Waals surface area contributed by atoms with Gasteiger partial charge in [0.1, 0.15) is 5.82 Å². The first kappa shape index (κ1) is 20.0. The van der Waals surface area contributed by atoms with Crippen molar-refractivity contribution in [2.24, 2.45) is 11.1 Å². The summed E-state index contributed by atoms with van der Waals surface area (Å²) in [6.45, 7) is 9.54. The van der Waals surface area contributed by atoms with E-state index in [1.54, 1.807) is 13.8 Å². The molecule has 26 heavy (non-hydrogen) atoms. The number of carbonyl (C=O) groups is 2. The number of nitrogens with two attached hydrogens (primary N) is 1. The van der Waals surface area contributed by atoms with Gasteiger partial charge >= 0.3 is 0 Å². The highest BCUT2D eigenvalue weighted by atomic mass is 32.2. The van der Waals surface area contributed by atoms with E-state index in [4.69, 9.17) is 5.73 Å². The van der Waals surface area contributed by atoms with Gasteiger partial charge in [-0.3, -0.25) is 14.2 Å². The number of rotatable bonds is 7. The van der Waals surface area contributed by atoms with Gasteiger partial charge < -0.3 is 11.1 Å². The van der Waals surface area contributed by atoms with E-state index in [1.165, 1.54) is 11.8 Å². The quantitative estimate of drug-likeness (QED) is 0.720. The molecule has 0 fully saturated rings.